The molecular weight excluding hydrogens is 260 g/mol. The molecule has 0 atom stereocenters. The van der Waals surface area contributed by atoms with Crippen LogP contribution in [-0.4, -0.2) is 29.6 Å². The van der Waals surface area contributed by atoms with E-state index in [4.69, 9.17) is 5.26 Å². The number of carbonyl (C=O) groups is 1. The zero-order valence-electron chi connectivity index (χ0n) is 10.6. The van der Waals surface area contributed by atoms with E-state index in [9.17, 15) is 9.90 Å². The molecule has 0 aliphatic carbocycles. The standard InChI is InChI=1S/C14H14N2O2S/c1-16(8-4-7-15)9-11-10-5-2-3-6-12(10)19-13(11)14(17)18/h2-3,5-6H,4,8-9H2,1H3,(H,17,18). The van der Waals surface area contributed by atoms with Crippen LogP contribution in [0.3, 0.4) is 0 Å². The van der Waals surface area contributed by atoms with Gasteiger partial charge in [-0.3, -0.25) is 0 Å². The molecule has 19 heavy (non-hydrogen) atoms. The van der Waals surface area contributed by atoms with Crippen LogP contribution in [0.2, 0.25) is 0 Å². The molecule has 0 bridgehead atoms. The van der Waals surface area contributed by atoms with Gasteiger partial charge in [-0.05, 0) is 24.1 Å². The summed E-state index contributed by atoms with van der Waals surface area (Å²) in [7, 11) is 1.90. The zero-order chi connectivity index (χ0) is 13.8. The molecule has 98 valence electrons. The van der Waals surface area contributed by atoms with Crippen LogP contribution < -0.4 is 0 Å². The summed E-state index contributed by atoms with van der Waals surface area (Å²) in [4.78, 5) is 13.7. The summed E-state index contributed by atoms with van der Waals surface area (Å²) in [5, 5.41) is 18.9. The van der Waals surface area contributed by atoms with E-state index in [-0.39, 0.29) is 0 Å². The van der Waals surface area contributed by atoms with E-state index in [0.717, 1.165) is 15.6 Å². The first kappa shape index (κ1) is 13.5. The number of hydrogen-bond donors (Lipinski definition) is 1. The summed E-state index contributed by atoms with van der Waals surface area (Å²) < 4.78 is 0.989. The molecule has 1 heterocycles. The van der Waals surface area contributed by atoms with Gasteiger partial charge >= 0.3 is 5.97 Å². The van der Waals surface area contributed by atoms with E-state index in [1.807, 2.05) is 36.2 Å². The van der Waals surface area contributed by atoms with Crippen molar-refractivity contribution in [2.24, 2.45) is 0 Å². The van der Waals surface area contributed by atoms with Gasteiger partial charge in [-0.1, -0.05) is 18.2 Å². The van der Waals surface area contributed by atoms with Crippen molar-refractivity contribution in [3.05, 3.63) is 34.7 Å². The van der Waals surface area contributed by atoms with Gasteiger partial charge in [-0.2, -0.15) is 5.26 Å². The fourth-order valence-corrected chi connectivity index (χ4v) is 3.07. The molecular formula is C14H14N2O2S. The monoisotopic (exact) mass is 274 g/mol. The molecule has 1 aromatic heterocycles. The summed E-state index contributed by atoms with van der Waals surface area (Å²) in [5.74, 6) is -0.884. The Kier molecular flexibility index (Phi) is 4.15. The number of benzene rings is 1. The topological polar surface area (TPSA) is 64.3 Å². The molecule has 0 saturated carbocycles. The highest BCUT2D eigenvalue weighted by Crippen LogP contribution is 2.32. The molecule has 5 heteroatoms. The third-order valence-corrected chi connectivity index (χ3v) is 4.13. The van der Waals surface area contributed by atoms with Gasteiger partial charge in [0.25, 0.3) is 0 Å². The minimum absolute atomic E-state index is 0.394. The van der Waals surface area contributed by atoms with Gasteiger partial charge in [-0.25, -0.2) is 4.79 Å². The highest BCUT2D eigenvalue weighted by atomic mass is 32.1. The smallest absolute Gasteiger partial charge is 0.346 e. The first-order valence-electron chi connectivity index (χ1n) is 5.92. The Morgan fingerprint density at radius 3 is 2.89 bits per heavy atom. The second-order valence-corrected chi connectivity index (χ2v) is 5.41. The summed E-state index contributed by atoms with van der Waals surface area (Å²) in [6.07, 6.45) is 0.445. The van der Waals surface area contributed by atoms with Crippen molar-refractivity contribution < 1.29 is 9.90 Å². The van der Waals surface area contributed by atoms with Crippen molar-refractivity contribution in [2.45, 2.75) is 13.0 Å². The third-order valence-electron chi connectivity index (χ3n) is 2.93. The van der Waals surface area contributed by atoms with Gasteiger partial charge in [0.05, 0.1) is 6.07 Å². The van der Waals surface area contributed by atoms with E-state index < -0.39 is 5.97 Å². The number of carboxylic acid groups (broad SMARTS) is 1. The Labute approximate surface area is 115 Å². The Hall–Kier alpha value is -1.90. The van der Waals surface area contributed by atoms with E-state index in [2.05, 4.69) is 6.07 Å². The van der Waals surface area contributed by atoms with Crippen LogP contribution in [0.15, 0.2) is 24.3 Å². The fraction of sp³-hybridized carbons (Fsp3) is 0.286. The molecule has 0 saturated heterocycles. The van der Waals surface area contributed by atoms with Crippen molar-refractivity contribution in [2.75, 3.05) is 13.6 Å². The lowest BCUT2D eigenvalue weighted by atomic mass is 10.1. The summed E-state index contributed by atoms with van der Waals surface area (Å²) in [5.41, 5.74) is 0.841. The Bertz CT molecular complexity index is 642. The zero-order valence-corrected chi connectivity index (χ0v) is 11.4. The number of thiophene rings is 1. The average molecular weight is 274 g/mol. The number of fused-ring (bicyclic) bond motifs is 1. The second kappa shape index (κ2) is 5.83. The van der Waals surface area contributed by atoms with Crippen molar-refractivity contribution in [3.63, 3.8) is 0 Å². The Morgan fingerprint density at radius 2 is 2.21 bits per heavy atom. The first-order chi connectivity index (χ1) is 9.13. The number of rotatable bonds is 5. The quantitative estimate of drug-likeness (QED) is 0.910. The fourth-order valence-electron chi connectivity index (χ4n) is 2.02. The molecule has 0 aliphatic heterocycles. The molecule has 1 N–H and O–H groups in total. The van der Waals surface area contributed by atoms with Crippen molar-refractivity contribution in [3.8, 4) is 6.07 Å². The molecule has 0 amide bonds. The predicted molar refractivity (Wildman–Crippen MR) is 75.3 cm³/mol. The van der Waals surface area contributed by atoms with Crippen LogP contribution in [0.25, 0.3) is 10.1 Å². The van der Waals surface area contributed by atoms with E-state index in [1.54, 1.807) is 0 Å². The molecule has 0 unspecified atom stereocenters. The van der Waals surface area contributed by atoms with Crippen LogP contribution in [0, 0.1) is 11.3 Å². The van der Waals surface area contributed by atoms with Crippen molar-refractivity contribution in [1.82, 2.24) is 4.90 Å². The number of nitrogens with zero attached hydrogens (tertiary/aromatic N) is 2. The van der Waals surface area contributed by atoms with E-state index in [1.165, 1.54) is 11.3 Å². The maximum Gasteiger partial charge on any atom is 0.346 e. The summed E-state index contributed by atoms with van der Waals surface area (Å²) in [6, 6.07) is 9.81. The molecule has 0 radical (unpaired) electrons. The maximum atomic E-state index is 11.3. The van der Waals surface area contributed by atoms with Crippen molar-refractivity contribution in [1.29, 1.82) is 5.26 Å². The van der Waals surface area contributed by atoms with Gasteiger partial charge in [0.1, 0.15) is 4.88 Å². The highest BCUT2D eigenvalue weighted by molar-refractivity contribution is 7.21. The molecule has 2 rings (SSSR count). The van der Waals surface area contributed by atoms with Gasteiger partial charge in [0.15, 0.2) is 0 Å². The maximum absolute atomic E-state index is 11.3. The lowest BCUT2D eigenvalue weighted by molar-refractivity contribution is 0.0700. The SMILES string of the molecule is CN(CCC#N)Cc1c(C(=O)O)sc2ccccc12. The van der Waals surface area contributed by atoms with Crippen LogP contribution >= 0.6 is 11.3 Å². The normalized spacial score (nSPS) is 10.8. The molecule has 0 fully saturated rings. The minimum Gasteiger partial charge on any atom is -0.477 e. The highest BCUT2D eigenvalue weighted by Gasteiger charge is 2.18. The lowest BCUT2D eigenvalue weighted by Crippen LogP contribution is -2.19. The molecule has 1 aromatic carbocycles. The first-order valence-corrected chi connectivity index (χ1v) is 6.74. The number of nitriles is 1. The Morgan fingerprint density at radius 1 is 1.47 bits per heavy atom. The predicted octanol–water partition coefficient (Wildman–Crippen LogP) is 2.94. The van der Waals surface area contributed by atoms with Crippen LogP contribution in [0.5, 0.6) is 0 Å². The molecule has 0 aliphatic rings. The largest absolute Gasteiger partial charge is 0.477 e. The molecule has 2 aromatic rings. The van der Waals surface area contributed by atoms with Gasteiger partial charge in [0, 0.05) is 24.2 Å². The third kappa shape index (κ3) is 2.92. The summed E-state index contributed by atoms with van der Waals surface area (Å²) in [6.45, 7) is 1.19. The van der Waals surface area contributed by atoms with Gasteiger partial charge in [-0.15, -0.1) is 11.3 Å². The lowest BCUT2D eigenvalue weighted by Gasteiger charge is -2.14. The van der Waals surface area contributed by atoms with Gasteiger partial charge in [0.2, 0.25) is 0 Å². The van der Waals surface area contributed by atoms with Crippen LogP contribution in [0.4, 0.5) is 0 Å². The van der Waals surface area contributed by atoms with Crippen molar-refractivity contribution >= 4 is 27.4 Å². The molecule has 0 spiro atoms. The number of hydrogen-bond acceptors (Lipinski definition) is 4. The van der Waals surface area contributed by atoms with E-state index in [0.29, 0.717) is 24.4 Å². The number of carboxylic acids is 1. The van der Waals surface area contributed by atoms with Crippen LogP contribution in [-0.2, 0) is 6.54 Å². The van der Waals surface area contributed by atoms with Crippen LogP contribution in [0.1, 0.15) is 21.7 Å². The summed E-state index contributed by atoms with van der Waals surface area (Å²) >= 11 is 1.31. The average Bonchev–Trinajstić information content (AvgIpc) is 2.76. The second-order valence-electron chi connectivity index (χ2n) is 4.36. The minimum atomic E-state index is -0.884. The number of aromatic carboxylic acids is 1. The Balaban J connectivity index is 2.37. The molecule has 4 nitrogen and oxygen atoms in total. The van der Waals surface area contributed by atoms with E-state index >= 15 is 0 Å². The van der Waals surface area contributed by atoms with Gasteiger partial charge < -0.3 is 10.0 Å².